The van der Waals surface area contributed by atoms with Gasteiger partial charge in [0.2, 0.25) is 5.95 Å². The number of rotatable bonds is 5. The van der Waals surface area contributed by atoms with Gasteiger partial charge in [-0.3, -0.25) is 0 Å². The Labute approximate surface area is 176 Å². The topological polar surface area (TPSA) is 61.0 Å². The molecule has 0 unspecified atom stereocenters. The third-order valence-electron chi connectivity index (χ3n) is 4.04. The maximum Gasteiger partial charge on any atom is 0.221 e. The van der Waals surface area contributed by atoms with E-state index in [1.165, 1.54) is 11.3 Å². The number of fused-ring (bicyclic) bond motifs is 1. The molecule has 0 radical (unpaired) electrons. The molecule has 0 bridgehead atoms. The highest BCUT2D eigenvalue weighted by molar-refractivity contribution is 7.16. The molecule has 0 spiro atoms. The van der Waals surface area contributed by atoms with Crippen LogP contribution in [0.1, 0.15) is 5.56 Å². The van der Waals surface area contributed by atoms with E-state index in [-0.39, 0.29) is 5.95 Å². The fourth-order valence-electron chi connectivity index (χ4n) is 2.84. The summed E-state index contributed by atoms with van der Waals surface area (Å²) in [4.78, 5) is 9.49. The van der Waals surface area contributed by atoms with E-state index in [0.717, 1.165) is 15.8 Å². The molecule has 2 heterocycles. The fraction of sp³-hybridized carbons (Fsp3) is 0.0476. The maximum atomic E-state index is 6.52. The SMILES string of the molecule is Nc1nc(-c2c(Cl)cc(Cl)cc2OC/C=C/c2ccccc2)c2ccsc2n1. The number of anilines is 1. The number of thiophene rings is 1. The Balaban J connectivity index is 1.70. The molecule has 0 aliphatic heterocycles. The van der Waals surface area contributed by atoms with Gasteiger partial charge in [-0.2, -0.15) is 0 Å². The van der Waals surface area contributed by atoms with E-state index in [1.54, 1.807) is 12.1 Å². The second-order valence-corrected chi connectivity index (χ2v) is 7.69. The van der Waals surface area contributed by atoms with Crippen molar-refractivity contribution < 1.29 is 4.74 Å². The summed E-state index contributed by atoms with van der Waals surface area (Å²) in [6.07, 6.45) is 3.92. The summed E-state index contributed by atoms with van der Waals surface area (Å²) in [5.74, 6) is 0.728. The minimum Gasteiger partial charge on any atom is -0.489 e. The molecule has 0 amide bonds. The predicted octanol–water partition coefficient (Wildman–Crippen LogP) is 6.34. The van der Waals surface area contributed by atoms with E-state index >= 15 is 0 Å². The molecule has 28 heavy (non-hydrogen) atoms. The minimum atomic E-state index is 0.186. The Bertz CT molecular complexity index is 1160. The first-order valence-corrected chi connectivity index (χ1v) is 10.1. The first-order valence-electron chi connectivity index (χ1n) is 8.46. The summed E-state index contributed by atoms with van der Waals surface area (Å²) < 4.78 is 5.99. The number of ether oxygens (including phenoxy) is 1. The normalized spacial score (nSPS) is 11.4. The van der Waals surface area contributed by atoms with E-state index in [2.05, 4.69) is 9.97 Å². The smallest absolute Gasteiger partial charge is 0.221 e. The van der Waals surface area contributed by atoms with Gasteiger partial charge >= 0.3 is 0 Å². The number of halogens is 2. The van der Waals surface area contributed by atoms with Gasteiger partial charge in [-0.15, -0.1) is 11.3 Å². The molecule has 2 aromatic carbocycles. The van der Waals surface area contributed by atoms with Crippen LogP contribution in [0, 0.1) is 0 Å². The van der Waals surface area contributed by atoms with Gasteiger partial charge in [-0.1, -0.05) is 59.6 Å². The van der Waals surface area contributed by atoms with Crippen molar-refractivity contribution in [3.05, 3.63) is 75.6 Å². The zero-order valence-electron chi connectivity index (χ0n) is 14.6. The monoisotopic (exact) mass is 427 g/mol. The van der Waals surface area contributed by atoms with E-state index in [9.17, 15) is 0 Å². The number of aromatic nitrogens is 2. The number of nitrogens with zero attached hydrogens (tertiary/aromatic N) is 2. The number of nitrogen functional groups attached to an aromatic ring is 1. The predicted molar refractivity (Wildman–Crippen MR) is 118 cm³/mol. The molecule has 4 nitrogen and oxygen atoms in total. The second kappa shape index (κ2) is 8.19. The molecule has 0 aliphatic carbocycles. The third kappa shape index (κ3) is 3.97. The average Bonchev–Trinajstić information content (AvgIpc) is 3.14. The van der Waals surface area contributed by atoms with Crippen LogP contribution in [0.3, 0.4) is 0 Å². The maximum absolute atomic E-state index is 6.52. The van der Waals surface area contributed by atoms with Gasteiger partial charge in [0.25, 0.3) is 0 Å². The number of hydrogen-bond acceptors (Lipinski definition) is 5. The molecule has 0 aliphatic rings. The van der Waals surface area contributed by atoms with Crippen molar-refractivity contribution in [1.29, 1.82) is 0 Å². The van der Waals surface area contributed by atoms with Crippen LogP contribution in [0.2, 0.25) is 10.0 Å². The summed E-state index contributed by atoms with van der Waals surface area (Å²) in [5, 5.41) is 3.74. The molecule has 0 atom stereocenters. The van der Waals surface area contributed by atoms with Crippen LogP contribution in [0.15, 0.2) is 60.0 Å². The van der Waals surface area contributed by atoms with E-state index in [4.69, 9.17) is 33.7 Å². The first kappa shape index (κ1) is 18.7. The number of nitrogens with two attached hydrogens (primary N) is 1. The van der Waals surface area contributed by atoms with E-state index in [1.807, 2.05) is 53.9 Å². The second-order valence-electron chi connectivity index (χ2n) is 5.95. The van der Waals surface area contributed by atoms with Crippen LogP contribution in [0.5, 0.6) is 5.75 Å². The van der Waals surface area contributed by atoms with Crippen molar-refractivity contribution in [2.45, 2.75) is 0 Å². The molecular formula is C21H15Cl2N3OS. The quantitative estimate of drug-likeness (QED) is 0.403. The zero-order chi connectivity index (χ0) is 19.5. The average molecular weight is 428 g/mol. The molecule has 0 saturated heterocycles. The lowest BCUT2D eigenvalue weighted by molar-refractivity contribution is 0.365. The van der Waals surface area contributed by atoms with Crippen molar-refractivity contribution >= 4 is 56.8 Å². The van der Waals surface area contributed by atoms with E-state index in [0.29, 0.717) is 33.7 Å². The van der Waals surface area contributed by atoms with Gasteiger partial charge in [0.15, 0.2) is 0 Å². The van der Waals surface area contributed by atoms with Gasteiger partial charge in [0.1, 0.15) is 17.2 Å². The van der Waals surface area contributed by atoms with Crippen LogP contribution in [0.25, 0.3) is 27.6 Å². The Morgan fingerprint density at radius 2 is 1.89 bits per heavy atom. The van der Waals surface area contributed by atoms with Gasteiger partial charge in [0, 0.05) is 10.4 Å². The first-order chi connectivity index (χ1) is 13.6. The Morgan fingerprint density at radius 1 is 1.07 bits per heavy atom. The minimum absolute atomic E-state index is 0.186. The van der Waals surface area contributed by atoms with Gasteiger partial charge in [-0.05, 0) is 35.2 Å². The fourth-order valence-corrected chi connectivity index (χ4v) is 4.18. The third-order valence-corrected chi connectivity index (χ3v) is 5.37. The largest absolute Gasteiger partial charge is 0.489 e. The standard InChI is InChI=1S/C21H15Cl2N3OS/c22-14-11-16(23)18(19-15-8-10-28-20(15)26-21(24)25-19)17(12-14)27-9-4-7-13-5-2-1-3-6-13/h1-8,10-12H,9H2,(H2,24,25,26)/b7-4+. The van der Waals surface area contributed by atoms with Crippen molar-refractivity contribution in [2.24, 2.45) is 0 Å². The Morgan fingerprint density at radius 3 is 2.71 bits per heavy atom. The van der Waals surface area contributed by atoms with Gasteiger partial charge in [-0.25, -0.2) is 9.97 Å². The number of hydrogen-bond donors (Lipinski definition) is 1. The molecular weight excluding hydrogens is 413 g/mol. The summed E-state index contributed by atoms with van der Waals surface area (Å²) >= 11 is 14.2. The highest BCUT2D eigenvalue weighted by atomic mass is 35.5. The van der Waals surface area contributed by atoms with Crippen LogP contribution in [0.4, 0.5) is 5.95 Å². The molecule has 4 rings (SSSR count). The van der Waals surface area contributed by atoms with Gasteiger partial charge < -0.3 is 10.5 Å². The van der Waals surface area contributed by atoms with Crippen LogP contribution in [-0.2, 0) is 0 Å². The lowest BCUT2D eigenvalue weighted by Crippen LogP contribution is -2.00. The molecule has 7 heteroatoms. The highest BCUT2D eigenvalue weighted by Crippen LogP contribution is 2.41. The van der Waals surface area contributed by atoms with Crippen molar-refractivity contribution in [3.8, 4) is 17.0 Å². The lowest BCUT2D eigenvalue weighted by atomic mass is 10.1. The molecule has 2 aromatic heterocycles. The zero-order valence-corrected chi connectivity index (χ0v) is 16.9. The molecule has 140 valence electrons. The molecule has 0 saturated carbocycles. The van der Waals surface area contributed by atoms with Crippen LogP contribution >= 0.6 is 34.5 Å². The lowest BCUT2D eigenvalue weighted by Gasteiger charge is -2.13. The van der Waals surface area contributed by atoms with Crippen LogP contribution < -0.4 is 10.5 Å². The number of benzene rings is 2. The van der Waals surface area contributed by atoms with Crippen molar-refractivity contribution in [1.82, 2.24) is 9.97 Å². The summed E-state index contributed by atoms with van der Waals surface area (Å²) in [5.41, 5.74) is 8.28. The summed E-state index contributed by atoms with van der Waals surface area (Å²) in [6.45, 7) is 0.353. The Hall–Kier alpha value is -2.60. The highest BCUT2D eigenvalue weighted by Gasteiger charge is 2.18. The van der Waals surface area contributed by atoms with Crippen molar-refractivity contribution in [3.63, 3.8) is 0 Å². The molecule has 2 N–H and O–H groups in total. The van der Waals surface area contributed by atoms with Gasteiger partial charge in [0.05, 0.1) is 16.3 Å². The van der Waals surface area contributed by atoms with E-state index < -0.39 is 0 Å². The summed E-state index contributed by atoms with van der Waals surface area (Å²) in [7, 11) is 0. The van der Waals surface area contributed by atoms with Crippen LogP contribution in [-0.4, -0.2) is 16.6 Å². The summed E-state index contributed by atoms with van der Waals surface area (Å²) in [6, 6.07) is 15.3. The molecule has 0 fully saturated rings. The Kier molecular flexibility index (Phi) is 5.48. The van der Waals surface area contributed by atoms with Crippen molar-refractivity contribution in [2.75, 3.05) is 12.3 Å². The molecule has 4 aromatic rings.